The summed E-state index contributed by atoms with van der Waals surface area (Å²) in [5.74, 6) is 0.667. The lowest BCUT2D eigenvalue weighted by Gasteiger charge is -2.25. The van der Waals surface area contributed by atoms with Crippen molar-refractivity contribution in [2.45, 2.75) is 30.2 Å². The van der Waals surface area contributed by atoms with E-state index in [0.717, 1.165) is 36.1 Å². The molecular weight excluding hydrogens is 348 g/mol. The van der Waals surface area contributed by atoms with E-state index >= 15 is 0 Å². The highest BCUT2D eigenvalue weighted by atomic mass is 32.2. The molecule has 1 aliphatic rings. The van der Waals surface area contributed by atoms with Crippen LogP contribution in [0, 0.1) is 0 Å². The Bertz CT molecular complexity index is 1010. The molecule has 0 saturated carbocycles. The Labute approximate surface area is 152 Å². The van der Waals surface area contributed by atoms with Gasteiger partial charge in [0.2, 0.25) is 10.0 Å². The number of nitrogens with zero attached hydrogens (tertiary/aromatic N) is 3. The summed E-state index contributed by atoms with van der Waals surface area (Å²) in [6.45, 7) is 0. The normalized spacial score (nSPS) is 16.8. The fourth-order valence-electron chi connectivity index (χ4n) is 3.16. The number of hydrogen-bond acceptors (Lipinski definition) is 5. The average Bonchev–Trinajstić information content (AvgIpc) is 2.69. The first-order valence-electron chi connectivity index (χ1n) is 8.47. The minimum atomic E-state index is -3.63. The molecule has 2 aromatic heterocycles. The van der Waals surface area contributed by atoms with Gasteiger partial charge in [-0.2, -0.15) is 0 Å². The standard InChI is InChI=1S/C19H18N4O2S/c24-26(25,15-8-5-11-20-12-15)23-18-10-4-9-17-16(18)13-21-19(22-17)14-6-2-1-3-7-14/h1-3,5-8,11-13,18,23H,4,9-10H2/t18-/m0/s1. The molecule has 0 unspecified atom stereocenters. The van der Waals surface area contributed by atoms with E-state index in [4.69, 9.17) is 0 Å². The van der Waals surface area contributed by atoms with Gasteiger partial charge >= 0.3 is 0 Å². The summed E-state index contributed by atoms with van der Waals surface area (Å²) in [4.78, 5) is 13.2. The molecule has 2 heterocycles. The van der Waals surface area contributed by atoms with Gasteiger partial charge in [-0.25, -0.2) is 23.1 Å². The summed E-state index contributed by atoms with van der Waals surface area (Å²) >= 11 is 0. The highest BCUT2D eigenvalue weighted by Gasteiger charge is 2.27. The second kappa shape index (κ2) is 6.93. The van der Waals surface area contributed by atoms with Crippen LogP contribution in [0.3, 0.4) is 0 Å². The van der Waals surface area contributed by atoms with Crippen LogP contribution in [0.2, 0.25) is 0 Å². The van der Waals surface area contributed by atoms with Crippen LogP contribution >= 0.6 is 0 Å². The first-order valence-corrected chi connectivity index (χ1v) is 9.95. The Morgan fingerprint density at radius 1 is 1.04 bits per heavy atom. The van der Waals surface area contributed by atoms with E-state index in [9.17, 15) is 8.42 Å². The Morgan fingerprint density at radius 2 is 1.88 bits per heavy atom. The van der Waals surface area contributed by atoms with Crippen molar-refractivity contribution in [2.24, 2.45) is 0 Å². The van der Waals surface area contributed by atoms with Gasteiger partial charge in [0, 0.05) is 35.4 Å². The molecule has 7 heteroatoms. The van der Waals surface area contributed by atoms with Crippen LogP contribution in [-0.4, -0.2) is 23.4 Å². The fraction of sp³-hybridized carbons (Fsp3) is 0.211. The molecule has 0 bridgehead atoms. The molecule has 6 nitrogen and oxygen atoms in total. The maximum absolute atomic E-state index is 12.6. The van der Waals surface area contributed by atoms with E-state index < -0.39 is 10.0 Å². The van der Waals surface area contributed by atoms with Gasteiger partial charge in [0.1, 0.15) is 4.90 Å². The van der Waals surface area contributed by atoms with Gasteiger partial charge in [-0.15, -0.1) is 0 Å². The van der Waals surface area contributed by atoms with Gasteiger partial charge in [0.25, 0.3) is 0 Å². The van der Waals surface area contributed by atoms with Gasteiger partial charge in [-0.05, 0) is 31.4 Å². The number of sulfonamides is 1. The average molecular weight is 366 g/mol. The van der Waals surface area contributed by atoms with Crippen LogP contribution in [0.4, 0.5) is 0 Å². The molecule has 0 fully saturated rings. The van der Waals surface area contributed by atoms with Gasteiger partial charge in [-0.1, -0.05) is 30.3 Å². The smallest absolute Gasteiger partial charge is 0.242 e. The molecular formula is C19H18N4O2S. The molecule has 0 saturated heterocycles. The maximum atomic E-state index is 12.6. The number of nitrogens with one attached hydrogen (secondary N) is 1. The van der Waals surface area contributed by atoms with Gasteiger partial charge < -0.3 is 0 Å². The van der Waals surface area contributed by atoms with Gasteiger partial charge in [-0.3, -0.25) is 4.98 Å². The monoisotopic (exact) mass is 366 g/mol. The molecule has 1 N–H and O–H groups in total. The van der Waals surface area contributed by atoms with Crippen LogP contribution in [0.1, 0.15) is 30.1 Å². The molecule has 4 rings (SSSR count). The Kier molecular flexibility index (Phi) is 4.48. The number of fused-ring (bicyclic) bond motifs is 1. The van der Waals surface area contributed by atoms with E-state index in [1.54, 1.807) is 18.5 Å². The third-order valence-corrected chi connectivity index (χ3v) is 5.91. The van der Waals surface area contributed by atoms with Crippen LogP contribution in [-0.2, 0) is 16.4 Å². The van der Waals surface area contributed by atoms with Crippen LogP contribution in [0.25, 0.3) is 11.4 Å². The molecule has 0 aliphatic heterocycles. The summed E-state index contributed by atoms with van der Waals surface area (Å²) in [5, 5.41) is 0. The number of hydrogen-bond donors (Lipinski definition) is 1. The van der Waals surface area contributed by atoms with E-state index in [1.165, 1.54) is 12.3 Å². The minimum Gasteiger partial charge on any atom is -0.263 e. The summed E-state index contributed by atoms with van der Waals surface area (Å²) < 4.78 is 28.0. The van der Waals surface area contributed by atoms with Crippen molar-refractivity contribution in [3.8, 4) is 11.4 Å². The molecule has 1 aromatic carbocycles. The molecule has 132 valence electrons. The van der Waals surface area contributed by atoms with Crippen molar-refractivity contribution in [3.63, 3.8) is 0 Å². The number of aromatic nitrogens is 3. The van der Waals surface area contributed by atoms with Crippen molar-refractivity contribution in [1.82, 2.24) is 19.7 Å². The molecule has 26 heavy (non-hydrogen) atoms. The van der Waals surface area contributed by atoms with Gasteiger partial charge in [0.05, 0.1) is 6.04 Å². The molecule has 0 amide bonds. The topological polar surface area (TPSA) is 84.8 Å². The molecule has 1 atom stereocenters. The molecule has 3 aromatic rings. The SMILES string of the molecule is O=S(=O)(N[C@H]1CCCc2nc(-c3ccccc3)ncc21)c1cccnc1. The molecule has 1 aliphatic carbocycles. The van der Waals surface area contributed by atoms with Gasteiger partial charge in [0.15, 0.2) is 5.82 Å². The van der Waals surface area contributed by atoms with Crippen molar-refractivity contribution in [3.05, 3.63) is 72.3 Å². The zero-order valence-corrected chi connectivity index (χ0v) is 14.9. The predicted molar refractivity (Wildman–Crippen MR) is 97.7 cm³/mol. The van der Waals surface area contributed by atoms with E-state index in [2.05, 4.69) is 19.7 Å². The minimum absolute atomic E-state index is 0.161. The quantitative estimate of drug-likeness (QED) is 0.767. The summed E-state index contributed by atoms with van der Waals surface area (Å²) in [6.07, 6.45) is 7.07. The van der Waals surface area contributed by atoms with Crippen LogP contribution < -0.4 is 4.72 Å². The number of pyridine rings is 1. The third kappa shape index (κ3) is 3.36. The Balaban J connectivity index is 1.64. The largest absolute Gasteiger partial charge is 0.263 e. The summed E-state index contributed by atoms with van der Waals surface area (Å²) in [5.41, 5.74) is 2.71. The third-order valence-electron chi connectivity index (χ3n) is 4.46. The van der Waals surface area contributed by atoms with E-state index in [0.29, 0.717) is 5.82 Å². The van der Waals surface area contributed by atoms with Crippen molar-refractivity contribution >= 4 is 10.0 Å². The predicted octanol–water partition coefficient (Wildman–Crippen LogP) is 2.89. The lowest BCUT2D eigenvalue weighted by Crippen LogP contribution is -2.31. The molecule has 0 radical (unpaired) electrons. The van der Waals surface area contributed by atoms with E-state index in [1.807, 2.05) is 30.3 Å². The first-order chi connectivity index (χ1) is 12.6. The first kappa shape index (κ1) is 16.8. The van der Waals surface area contributed by atoms with Crippen molar-refractivity contribution in [2.75, 3.05) is 0 Å². The van der Waals surface area contributed by atoms with Crippen LogP contribution in [0.15, 0.2) is 66.0 Å². The maximum Gasteiger partial charge on any atom is 0.242 e. The Morgan fingerprint density at radius 3 is 2.65 bits per heavy atom. The van der Waals surface area contributed by atoms with Crippen molar-refractivity contribution in [1.29, 1.82) is 0 Å². The second-order valence-corrected chi connectivity index (χ2v) is 7.93. The van der Waals surface area contributed by atoms with Crippen LogP contribution in [0.5, 0.6) is 0 Å². The number of aryl methyl sites for hydroxylation is 1. The zero-order chi connectivity index (χ0) is 18.0. The summed E-state index contributed by atoms with van der Waals surface area (Å²) in [6, 6.07) is 12.6. The fourth-order valence-corrected chi connectivity index (χ4v) is 4.37. The number of rotatable bonds is 4. The second-order valence-electron chi connectivity index (χ2n) is 6.22. The van der Waals surface area contributed by atoms with E-state index in [-0.39, 0.29) is 10.9 Å². The summed E-state index contributed by atoms with van der Waals surface area (Å²) in [7, 11) is -3.63. The van der Waals surface area contributed by atoms with Crippen molar-refractivity contribution < 1.29 is 8.42 Å². The Hall–Kier alpha value is -2.64. The highest BCUT2D eigenvalue weighted by molar-refractivity contribution is 7.89. The lowest BCUT2D eigenvalue weighted by atomic mass is 9.93. The number of benzene rings is 1. The highest BCUT2D eigenvalue weighted by Crippen LogP contribution is 2.30. The molecule has 0 spiro atoms. The zero-order valence-electron chi connectivity index (χ0n) is 14.0. The lowest BCUT2D eigenvalue weighted by molar-refractivity contribution is 0.500.